The van der Waals surface area contributed by atoms with Crippen LogP contribution in [0.1, 0.15) is 73.9 Å². The fraction of sp³-hybridized carbons (Fsp3) is 0.459. The Kier molecular flexibility index (Phi) is 9.57. The summed E-state index contributed by atoms with van der Waals surface area (Å²) in [6.07, 6.45) is -0.0396. The van der Waals surface area contributed by atoms with Gasteiger partial charge in [-0.05, 0) is 84.8 Å². The molecule has 4 aromatic rings. The van der Waals surface area contributed by atoms with Crippen LogP contribution in [0.2, 0.25) is 18.1 Å². The topological polar surface area (TPSA) is 86.5 Å². The van der Waals surface area contributed by atoms with E-state index in [9.17, 15) is 9.59 Å². The molecule has 0 spiro atoms. The number of imide groups is 1. The first kappa shape index (κ1) is 33.5. The van der Waals surface area contributed by atoms with Crippen LogP contribution in [0.4, 0.5) is 4.79 Å². The summed E-state index contributed by atoms with van der Waals surface area (Å²) in [7, 11) is -1.99. The molecule has 8 nitrogen and oxygen atoms in total. The van der Waals surface area contributed by atoms with Crippen molar-refractivity contribution in [3.8, 4) is 0 Å². The molecule has 1 aliphatic heterocycles. The maximum Gasteiger partial charge on any atom is 0.416 e. The molecule has 1 unspecified atom stereocenters. The number of carbonyl (C=O) groups excluding carboxylic acids is 2. The van der Waals surface area contributed by atoms with E-state index >= 15 is 0 Å². The molecule has 1 aliphatic rings. The van der Waals surface area contributed by atoms with Crippen molar-refractivity contribution in [1.29, 1.82) is 0 Å². The summed E-state index contributed by atoms with van der Waals surface area (Å²) in [5, 5.41) is 8.97. The van der Waals surface area contributed by atoms with Gasteiger partial charge in [0.2, 0.25) is 5.91 Å². The monoisotopic (exact) mass is 640 g/mol. The first-order valence-corrected chi connectivity index (χ1v) is 19.2. The number of aryl methyl sites for hydroxylation is 3. The van der Waals surface area contributed by atoms with E-state index in [1.54, 1.807) is 0 Å². The normalized spacial score (nSPS) is 16.9. The lowest BCUT2D eigenvalue weighted by atomic mass is 9.78. The van der Waals surface area contributed by atoms with Gasteiger partial charge in [-0.15, -0.1) is 5.10 Å². The number of nitrogens with zero attached hydrogens (tertiary/aromatic N) is 4. The summed E-state index contributed by atoms with van der Waals surface area (Å²) in [5.41, 5.74) is 8.04. The van der Waals surface area contributed by atoms with Crippen molar-refractivity contribution in [3.63, 3.8) is 0 Å². The molecule has 1 saturated heterocycles. The van der Waals surface area contributed by atoms with Crippen LogP contribution in [0.5, 0.6) is 0 Å². The molecular weight excluding hydrogens is 593 g/mol. The average molecular weight is 641 g/mol. The minimum absolute atomic E-state index is 0.0884. The summed E-state index contributed by atoms with van der Waals surface area (Å²) in [6, 6.07) is 20.1. The van der Waals surface area contributed by atoms with Gasteiger partial charge in [0.15, 0.2) is 8.32 Å². The highest BCUT2D eigenvalue weighted by Crippen LogP contribution is 2.40. The van der Waals surface area contributed by atoms with Gasteiger partial charge >= 0.3 is 6.09 Å². The Balaban J connectivity index is 1.56. The summed E-state index contributed by atoms with van der Waals surface area (Å²) in [4.78, 5) is 28.9. The Morgan fingerprint density at radius 2 is 1.80 bits per heavy atom. The first-order valence-electron chi connectivity index (χ1n) is 16.3. The van der Waals surface area contributed by atoms with Crippen LogP contribution in [-0.2, 0) is 33.5 Å². The fourth-order valence-corrected chi connectivity index (χ4v) is 7.08. The molecule has 9 heteroatoms. The molecule has 1 aromatic heterocycles. The second-order valence-electron chi connectivity index (χ2n) is 14.2. The Hall–Kier alpha value is -3.82. The molecule has 0 saturated carbocycles. The van der Waals surface area contributed by atoms with Crippen molar-refractivity contribution in [3.05, 3.63) is 94.0 Å². The van der Waals surface area contributed by atoms with E-state index in [0.717, 1.165) is 44.4 Å². The van der Waals surface area contributed by atoms with Crippen molar-refractivity contribution in [1.82, 2.24) is 19.9 Å². The zero-order valence-electron chi connectivity index (χ0n) is 28.8. The molecule has 5 rings (SSSR count). The standard InChI is InChI=1S/C37H48N4O4Si/c1-10-40-32-19-18-31(25(3)34(32)38-39-40)33(28-17-16-24(2)29(21-28)22-45-46(8,9)37(5,6)7)26(4)35(42)41-30(23-44-36(41)43)20-27-14-12-11-13-15-27/h11-19,21,26,30,33H,10,20,22-23H2,1-9H3/t26-,30?,33+/m1/s1. The van der Waals surface area contributed by atoms with Gasteiger partial charge in [0.25, 0.3) is 0 Å². The Morgan fingerprint density at radius 3 is 2.48 bits per heavy atom. The zero-order chi connectivity index (χ0) is 33.4. The quantitative estimate of drug-likeness (QED) is 0.164. The molecule has 1 fully saturated rings. The third-order valence-corrected chi connectivity index (χ3v) is 14.6. The van der Waals surface area contributed by atoms with Crippen LogP contribution in [0.15, 0.2) is 60.7 Å². The van der Waals surface area contributed by atoms with E-state index in [-0.39, 0.29) is 29.5 Å². The van der Waals surface area contributed by atoms with E-state index < -0.39 is 20.3 Å². The van der Waals surface area contributed by atoms with Crippen LogP contribution in [0.3, 0.4) is 0 Å². The van der Waals surface area contributed by atoms with E-state index in [0.29, 0.717) is 19.6 Å². The Bertz CT molecular complexity index is 1730. The van der Waals surface area contributed by atoms with E-state index in [2.05, 4.69) is 82.3 Å². The molecule has 244 valence electrons. The number of aromatic nitrogens is 3. The largest absolute Gasteiger partial charge is 0.447 e. The van der Waals surface area contributed by atoms with Crippen molar-refractivity contribution in [2.45, 2.75) is 98.1 Å². The van der Waals surface area contributed by atoms with E-state index in [1.165, 1.54) is 4.90 Å². The maximum absolute atomic E-state index is 14.5. The molecule has 0 radical (unpaired) electrons. The van der Waals surface area contributed by atoms with E-state index in [1.807, 2.05) is 54.9 Å². The van der Waals surface area contributed by atoms with Gasteiger partial charge in [0, 0.05) is 18.4 Å². The smallest absolute Gasteiger partial charge is 0.416 e. The SMILES string of the molecule is CCn1nnc2c(C)c([C@H](c3ccc(C)c(CO[Si](C)(C)C(C)(C)C)c3)[C@@H](C)C(=O)N3C(=O)OCC3Cc3ccccc3)ccc21. The highest BCUT2D eigenvalue weighted by Gasteiger charge is 2.43. The Morgan fingerprint density at radius 1 is 1.09 bits per heavy atom. The Labute approximate surface area is 274 Å². The van der Waals surface area contributed by atoms with Crippen molar-refractivity contribution in [2.24, 2.45) is 5.92 Å². The molecule has 0 N–H and O–H groups in total. The van der Waals surface area contributed by atoms with Crippen LogP contribution in [0, 0.1) is 19.8 Å². The van der Waals surface area contributed by atoms with Crippen molar-refractivity contribution < 1.29 is 18.8 Å². The lowest BCUT2D eigenvalue weighted by Gasteiger charge is -2.36. The van der Waals surface area contributed by atoms with E-state index in [4.69, 9.17) is 9.16 Å². The first-order chi connectivity index (χ1) is 21.7. The average Bonchev–Trinajstić information content (AvgIpc) is 3.61. The molecule has 2 amide bonds. The van der Waals surface area contributed by atoms with Crippen molar-refractivity contribution >= 4 is 31.4 Å². The van der Waals surface area contributed by atoms with Gasteiger partial charge in [-0.3, -0.25) is 4.79 Å². The number of amides is 2. The molecule has 0 bridgehead atoms. The van der Waals surface area contributed by atoms with Gasteiger partial charge in [-0.1, -0.05) is 87.5 Å². The minimum Gasteiger partial charge on any atom is -0.447 e. The zero-order valence-corrected chi connectivity index (χ0v) is 29.8. The number of hydrogen-bond acceptors (Lipinski definition) is 6. The summed E-state index contributed by atoms with van der Waals surface area (Å²) in [5.74, 6) is -1.16. The fourth-order valence-electron chi connectivity index (χ4n) is 6.13. The lowest BCUT2D eigenvalue weighted by Crippen LogP contribution is -2.44. The third kappa shape index (κ3) is 6.53. The number of cyclic esters (lactones) is 1. The highest BCUT2D eigenvalue weighted by molar-refractivity contribution is 6.74. The summed E-state index contributed by atoms with van der Waals surface area (Å²) in [6.45, 7) is 20.8. The van der Waals surface area contributed by atoms with Crippen LogP contribution in [0.25, 0.3) is 11.0 Å². The second kappa shape index (κ2) is 13.1. The molecule has 2 heterocycles. The second-order valence-corrected chi connectivity index (χ2v) is 19.0. The molecule has 3 atom stereocenters. The van der Waals surface area contributed by atoms with Crippen molar-refractivity contribution in [2.75, 3.05) is 6.61 Å². The van der Waals surface area contributed by atoms with Gasteiger partial charge in [-0.25, -0.2) is 14.4 Å². The maximum atomic E-state index is 14.5. The number of fused-ring (bicyclic) bond motifs is 1. The highest BCUT2D eigenvalue weighted by atomic mass is 28.4. The lowest BCUT2D eigenvalue weighted by molar-refractivity contribution is -0.133. The van der Waals surface area contributed by atoms with Crippen LogP contribution >= 0.6 is 0 Å². The minimum atomic E-state index is -1.99. The predicted octanol–water partition coefficient (Wildman–Crippen LogP) is 7.95. The number of hydrogen-bond donors (Lipinski definition) is 0. The number of ether oxygens (including phenoxy) is 1. The predicted molar refractivity (Wildman–Crippen MR) is 184 cm³/mol. The number of rotatable bonds is 10. The van der Waals surface area contributed by atoms with Gasteiger partial charge in [-0.2, -0.15) is 0 Å². The molecule has 46 heavy (non-hydrogen) atoms. The number of benzene rings is 3. The summed E-state index contributed by atoms with van der Waals surface area (Å²) >= 11 is 0. The number of carbonyl (C=O) groups is 2. The van der Waals surface area contributed by atoms with Crippen LogP contribution < -0.4 is 0 Å². The van der Waals surface area contributed by atoms with Gasteiger partial charge < -0.3 is 9.16 Å². The molecule has 3 aromatic carbocycles. The van der Waals surface area contributed by atoms with Gasteiger partial charge in [0.05, 0.1) is 18.2 Å². The van der Waals surface area contributed by atoms with Crippen LogP contribution in [-0.4, -0.2) is 52.9 Å². The molecular formula is C37H48N4O4Si. The molecule has 0 aliphatic carbocycles. The van der Waals surface area contributed by atoms with Gasteiger partial charge in [0.1, 0.15) is 12.1 Å². The third-order valence-electron chi connectivity index (χ3n) is 10.1. The summed E-state index contributed by atoms with van der Waals surface area (Å²) < 4.78 is 14.0.